The van der Waals surface area contributed by atoms with E-state index in [2.05, 4.69) is 0 Å². The molecule has 7 heteroatoms. The van der Waals surface area contributed by atoms with E-state index in [4.69, 9.17) is 9.47 Å². The van der Waals surface area contributed by atoms with Crippen LogP contribution in [0.15, 0.2) is 0 Å². The summed E-state index contributed by atoms with van der Waals surface area (Å²) >= 11 is 0. The smallest absolute Gasteiger partial charge is 0.355 e. The Labute approximate surface area is 179 Å². The van der Waals surface area contributed by atoms with Crippen molar-refractivity contribution in [3.05, 3.63) is 22.5 Å². The molecule has 2 rings (SSSR count). The molecule has 0 aliphatic heterocycles. The molecular formula is C23H36N2O5. The Balaban J connectivity index is 2.33. The number of ketones is 1. The van der Waals surface area contributed by atoms with E-state index in [9.17, 15) is 14.4 Å². The molecule has 0 saturated heterocycles. The molecule has 0 bridgehead atoms. The maximum atomic E-state index is 13.5. The lowest BCUT2D eigenvalue weighted by molar-refractivity contribution is -0.134. The van der Waals surface area contributed by atoms with Crippen molar-refractivity contribution in [3.8, 4) is 0 Å². The van der Waals surface area contributed by atoms with E-state index in [1.54, 1.807) is 25.7 Å². The molecule has 0 aromatic carbocycles. The fourth-order valence-electron chi connectivity index (χ4n) is 4.01. The quantitative estimate of drug-likeness (QED) is 0.294. The van der Waals surface area contributed by atoms with Gasteiger partial charge in [-0.25, -0.2) is 4.79 Å². The molecule has 30 heavy (non-hydrogen) atoms. The molecule has 1 saturated carbocycles. The highest BCUT2D eigenvalue weighted by molar-refractivity contribution is 6.06. The highest BCUT2D eigenvalue weighted by Crippen LogP contribution is 2.33. The fraction of sp³-hybridized carbons (Fsp3) is 0.696. The van der Waals surface area contributed by atoms with Crippen molar-refractivity contribution < 1.29 is 23.9 Å². The molecule has 1 fully saturated rings. The zero-order valence-corrected chi connectivity index (χ0v) is 19.2. The second-order valence-corrected chi connectivity index (χ2v) is 7.80. The van der Waals surface area contributed by atoms with Crippen molar-refractivity contribution >= 4 is 17.7 Å². The van der Waals surface area contributed by atoms with Crippen LogP contribution in [0, 0.1) is 19.8 Å². The van der Waals surface area contributed by atoms with Gasteiger partial charge in [0.2, 0.25) is 5.91 Å². The summed E-state index contributed by atoms with van der Waals surface area (Å²) in [6.07, 6.45) is 2.46. The first-order chi connectivity index (χ1) is 14.3. The third kappa shape index (κ3) is 5.12. The van der Waals surface area contributed by atoms with E-state index in [1.165, 1.54) is 0 Å². The van der Waals surface area contributed by atoms with Gasteiger partial charge in [0, 0.05) is 43.5 Å². The van der Waals surface area contributed by atoms with Crippen LogP contribution in [-0.2, 0) is 20.8 Å². The van der Waals surface area contributed by atoms with E-state index in [0.717, 1.165) is 18.5 Å². The van der Waals surface area contributed by atoms with Gasteiger partial charge in [-0.05, 0) is 66.4 Å². The van der Waals surface area contributed by atoms with Gasteiger partial charge in [0.15, 0.2) is 5.78 Å². The molecule has 1 aromatic rings. The molecule has 1 aliphatic carbocycles. The predicted molar refractivity (Wildman–Crippen MR) is 115 cm³/mol. The van der Waals surface area contributed by atoms with Crippen LogP contribution >= 0.6 is 0 Å². The first-order valence-electron chi connectivity index (χ1n) is 11.1. The molecular weight excluding hydrogens is 384 g/mol. The number of hydrogen-bond acceptors (Lipinski definition) is 5. The minimum atomic E-state index is -0.597. The number of esters is 1. The van der Waals surface area contributed by atoms with Gasteiger partial charge >= 0.3 is 5.97 Å². The van der Waals surface area contributed by atoms with E-state index in [0.29, 0.717) is 49.5 Å². The standard InChI is InChI=1S/C23H36N2O5/c1-7-24-16(5)19(15(4)20(24)23(28)30-9-3)21(26)17(6)25(13-10-14-29-8-2)22(27)18-11-12-18/h17-18H,7-14H2,1-6H3. The monoisotopic (exact) mass is 420 g/mol. The molecule has 1 atom stereocenters. The Morgan fingerprint density at radius 2 is 1.80 bits per heavy atom. The molecule has 1 aliphatic rings. The lowest BCUT2D eigenvalue weighted by Crippen LogP contribution is -2.45. The number of carbonyl (C=O) groups is 3. The van der Waals surface area contributed by atoms with Crippen molar-refractivity contribution in [3.63, 3.8) is 0 Å². The third-order valence-corrected chi connectivity index (χ3v) is 5.75. The Bertz CT molecular complexity index is 779. The summed E-state index contributed by atoms with van der Waals surface area (Å²) in [6, 6.07) is -0.597. The first-order valence-corrected chi connectivity index (χ1v) is 11.1. The summed E-state index contributed by atoms with van der Waals surface area (Å²) in [4.78, 5) is 40.6. The molecule has 0 N–H and O–H groups in total. The predicted octanol–water partition coefficient (Wildman–Crippen LogP) is 3.54. The van der Waals surface area contributed by atoms with Gasteiger partial charge in [-0.1, -0.05) is 0 Å². The minimum Gasteiger partial charge on any atom is -0.461 e. The van der Waals surface area contributed by atoms with Crippen molar-refractivity contribution in [1.29, 1.82) is 0 Å². The first kappa shape index (κ1) is 24.1. The molecule has 0 radical (unpaired) electrons. The Kier molecular flexibility index (Phi) is 8.65. The van der Waals surface area contributed by atoms with Crippen LogP contribution in [0.25, 0.3) is 0 Å². The zero-order valence-electron chi connectivity index (χ0n) is 19.2. The highest BCUT2D eigenvalue weighted by atomic mass is 16.5. The van der Waals surface area contributed by atoms with Crippen LogP contribution in [-0.4, -0.2) is 59.5 Å². The SMILES string of the molecule is CCOCCCN(C(=O)C1CC1)C(C)C(=O)c1c(C)c(C(=O)OCC)n(CC)c1C. The van der Waals surface area contributed by atoms with Gasteiger partial charge in [0.25, 0.3) is 0 Å². The minimum absolute atomic E-state index is 0.0323. The molecule has 1 heterocycles. The normalized spacial score (nSPS) is 14.5. The van der Waals surface area contributed by atoms with Crippen molar-refractivity contribution in [2.45, 2.75) is 73.4 Å². The fourth-order valence-corrected chi connectivity index (χ4v) is 4.01. The summed E-state index contributed by atoms with van der Waals surface area (Å²) < 4.78 is 12.4. The number of aromatic nitrogens is 1. The van der Waals surface area contributed by atoms with E-state index in [-0.39, 0.29) is 24.2 Å². The average Bonchev–Trinajstić information content (AvgIpc) is 3.52. The number of ether oxygens (including phenoxy) is 2. The van der Waals surface area contributed by atoms with Crippen LogP contribution < -0.4 is 0 Å². The van der Waals surface area contributed by atoms with Crippen LogP contribution in [0.1, 0.15) is 79.1 Å². The van der Waals surface area contributed by atoms with Gasteiger partial charge in [0.1, 0.15) is 5.69 Å². The number of nitrogens with zero attached hydrogens (tertiary/aromatic N) is 2. The summed E-state index contributed by atoms with van der Waals surface area (Å²) in [5, 5.41) is 0. The average molecular weight is 421 g/mol. The lowest BCUT2D eigenvalue weighted by Gasteiger charge is -2.29. The van der Waals surface area contributed by atoms with Crippen molar-refractivity contribution in [2.24, 2.45) is 5.92 Å². The van der Waals surface area contributed by atoms with E-state index >= 15 is 0 Å². The van der Waals surface area contributed by atoms with Crippen LogP contribution in [0.2, 0.25) is 0 Å². The van der Waals surface area contributed by atoms with Crippen LogP contribution in [0.3, 0.4) is 0 Å². The molecule has 1 amide bonds. The third-order valence-electron chi connectivity index (χ3n) is 5.75. The summed E-state index contributed by atoms with van der Waals surface area (Å²) in [7, 11) is 0. The Hall–Kier alpha value is -2.15. The van der Waals surface area contributed by atoms with Crippen LogP contribution in [0.5, 0.6) is 0 Å². The number of amides is 1. The molecule has 1 aromatic heterocycles. The zero-order chi connectivity index (χ0) is 22.4. The van der Waals surface area contributed by atoms with Crippen molar-refractivity contribution in [1.82, 2.24) is 9.47 Å². The second kappa shape index (κ2) is 10.8. The lowest BCUT2D eigenvalue weighted by atomic mass is 9.99. The van der Waals surface area contributed by atoms with E-state index in [1.807, 2.05) is 25.3 Å². The maximum Gasteiger partial charge on any atom is 0.355 e. The topological polar surface area (TPSA) is 77.8 Å². The summed E-state index contributed by atoms with van der Waals surface area (Å²) in [6.45, 7) is 13.6. The molecule has 0 spiro atoms. The summed E-state index contributed by atoms with van der Waals surface area (Å²) in [5.41, 5.74) is 2.30. The van der Waals surface area contributed by atoms with Gasteiger partial charge < -0.3 is 18.9 Å². The largest absolute Gasteiger partial charge is 0.461 e. The molecule has 7 nitrogen and oxygen atoms in total. The number of rotatable bonds is 12. The number of Topliss-reactive ketones (excluding diaryl/α,β-unsaturated/α-hetero) is 1. The highest BCUT2D eigenvalue weighted by Gasteiger charge is 2.38. The van der Waals surface area contributed by atoms with Gasteiger partial charge in [-0.15, -0.1) is 0 Å². The van der Waals surface area contributed by atoms with Gasteiger partial charge in [-0.2, -0.15) is 0 Å². The maximum absolute atomic E-state index is 13.5. The van der Waals surface area contributed by atoms with Gasteiger partial charge in [0.05, 0.1) is 12.6 Å². The summed E-state index contributed by atoms with van der Waals surface area (Å²) in [5.74, 6) is -0.476. The Morgan fingerprint density at radius 3 is 2.33 bits per heavy atom. The Morgan fingerprint density at radius 1 is 1.13 bits per heavy atom. The van der Waals surface area contributed by atoms with Gasteiger partial charge in [-0.3, -0.25) is 9.59 Å². The van der Waals surface area contributed by atoms with E-state index < -0.39 is 12.0 Å². The number of carbonyl (C=O) groups excluding carboxylic acids is 3. The van der Waals surface area contributed by atoms with Crippen LogP contribution in [0.4, 0.5) is 0 Å². The molecule has 168 valence electrons. The second-order valence-electron chi connectivity index (χ2n) is 7.80. The van der Waals surface area contributed by atoms with Crippen molar-refractivity contribution in [2.75, 3.05) is 26.4 Å². The number of hydrogen-bond donors (Lipinski definition) is 0. The molecule has 1 unspecified atom stereocenters.